The first-order valence-electron chi connectivity index (χ1n) is 5.27. The molecule has 1 saturated heterocycles. The average Bonchev–Trinajstić information content (AvgIpc) is 2.83. The molecule has 2 aromatic heterocycles. The molecule has 0 atom stereocenters. The number of aromatic nitrogens is 3. The van der Waals surface area contributed by atoms with Crippen molar-refractivity contribution in [3.63, 3.8) is 0 Å². The lowest BCUT2D eigenvalue weighted by Crippen LogP contribution is -2.39. The van der Waals surface area contributed by atoms with Crippen molar-refractivity contribution in [1.29, 1.82) is 0 Å². The van der Waals surface area contributed by atoms with Crippen LogP contribution >= 0.6 is 0 Å². The highest BCUT2D eigenvalue weighted by atomic mass is 16.2. The van der Waals surface area contributed by atoms with E-state index in [1.807, 2.05) is 0 Å². The van der Waals surface area contributed by atoms with Crippen LogP contribution in [0.5, 0.6) is 0 Å². The number of nitrogens with zero attached hydrogens (tertiary/aromatic N) is 2. The van der Waals surface area contributed by atoms with Crippen LogP contribution in [-0.2, 0) is 9.59 Å². The van der Waals surface area contributed by atoms with Gasteiger partial charge in [0, 0.05) is 19.0 Å². The molecule has 0 spiro atoms. The summed E-state index contributed by atoms with van der Waals surface area (Å²) in [5, 5.41) is 1.14. The number of nitrogens with one attached hydrogen (secondary N) is 2. The first-order chi connectivity index (χ1) is 8.58. The Morgan fingerprint density at radius 3 is 2.33 bits per heavy atom. The van der Waals surface area contributed by atoms with Gasteiger partial charge in [-0.05, 0) is 6.07 Å². The Labute approximate surface area is 98.8 Å². The molecular weight excluding hydrogens is 240 g/mol. The van der Waals surface area contributed by atoms with E-state index in [2.05, 4.69) is 9.97 Å². The van der Waals surface area contributed by atoms with E-state index in [9.17, 15) is 19.2 Å². The van der Waals surface area contributed by atoms with Crippen LogP contribution in [0, 0.1) is 0 Å². The minimum atomic E-state index is -0.688. The lowest BCUT2D eigenvalue weighted by atomic mass is 10.4. The zero-order chi connectivity index (χ0) is 12.9. The fourth-order valence-electron chi connectivity index (χ4n) is 2.01. The van der Waals surface area contributed by atoms with Crippen molar-refractivity contribution in [2.45, 2.75) is 12.8 Å². The zero-order valence-corrected chi connectivity index (χ0v) is 9.10. The standard InChI is InChI=1S/C10H8N4O4/c15-6-1-2-7(16)14(6)13-4-3-5-8(13)11-10(18)12-9(5)17/h3-4H,1-2H2,(H2,11,12,17,18). The highest BCUT2D eigenvalue weighted by Gasteiger charge is 2.31. The van der Waals surface area contributed by atoms with Crippen LogP contribution in [0.15, 0.2) is 21.9 Å². The van der Waals surface area contributed by atoms with Gasteiger partial charge in [0.25, 0.3) is 5.56 Å². The molecule has 8 nitrogen and oxygen atoms in total. The van der Waals surface area contributed by atoms with Crippen LogP contribution in [-0.4, -0.2) is 26.5 Å². The van der Waals surface area contributed by atoms with Gasteiger partial charge >= 0.3 is 5.69 Å². The van der Waals surface area contributed by atoms with Gasteiger partial charge in [-0.1, -0.05) is 0 Å². The van der Waals surface area contributed by atoms with Crippen molar-refractivity contribution in [2.24, 2.45) is 0 Å². The van der Waals surface area contributed by atoms with E-state index >= 15 is 0 Å². The number of rotatable bonds is 1. The molecule has 0 aliphatic carbocycles. The third-order valence-corrected chi connectivity index (χ3v) is 2.81. The number of carbonyl (C=O) groups excluding carboxylic acids is 2. The minimum absolute atomic E-state index is 0.131. The van der Waals surface area contributed by atoms with Gasteiger partial charge in [0.1, 0.15) is 5.65 Å². The van der Waals surface area contributed by atoms with Crippen LogP contribution < -0.4 is 16.3 Å². The van der Waals surface area contributed by atoms with E-state index in [1.54, 1.807) is 0 Å². The SMILES string of the molecule is O=C1CCC(=O)N1n1ccc2c(=O)[nH]c(=O)[nH]c21. The summed E-state index contributed by atoms with van der Waals surface area (Å²) in [4.78, 5) is 50.4. The van der Waals surface area contributed by atoms with E-state index in [0.717, 1.165) is 5.01 Å². The molecule has 1 fully saturated rings. The first-order valence-corrected chi connectivity index (χ1v) is 5.27. The first kappa shape index (κ1) is 10.5. The van der Waals surface area contributed by atoms with Gasteiger partial charge < -0.3 is 0 Å². The van der Waals surface area contributed by atoms with E-state index in [-0.39, 0.29) is 35.7 Å². The second kappa shape index (κ2) is 3.42. The van der Waals surface area contributed by atoms with Crippen LogP contribution in [0.3, 0.4) is 0 Å². The second-order valence-corrected chi connectivity index (χ2v) is 3.93. The second-order valence-electron chi connectivity index (χ2n) is 3.93. The minimum Gasteiger partial charge on any atom is -0.291 e. The van der Waals surface area contributed by atoms with Crippen LogP contribution in [0.1, 0.15) is 12.8 Å². The summed E-state index contributed by atoms with van der Waals surface area (Å²) >= 11 is 0. The predicted octanol–water partition coefficient (Wildman–Crippen LogP) is -1.20. The van der Waals surface area contributed by atoms with E-state index < -0.39 is 11.2 Å². The Hall–Kier alpha value is -2.64. The summed E-state index contributed by atoms with van der Waals surface area (Å²) in [6.45, 7) is 0. The average molecular weight is 248 g/mol. The number of aromatic amines is 2. The maximum absolute atomic E-state index is 11.6. The van der Waals surface area contributed by atoms with Crippen molar-refractivity contribution >= 4 is 22.8 Å². The normalized spacial score (nSPS) is 15.9. The van der Waals surface area contributed by atoms with Crippen molar-refractivity contribution in [3.8, 4) is 0 Å². The summed E-state index contributed by atoms with van der Waals surface area (Å²) in [6, 6.07) is 1.43. The number of carbonyl (C=O) groups is 2. The van der Waals surface area contributed by atoms with Gasteiger partial charge in [0.2, 0.25) is 11.8 Å². The summed E-state index contributed by atoms with van der Waals surface area (Å²) in [7, 11) is 0. The Kier molecular flexibility index (Phi) is 2.00. The van der Waals surface area contributed by atoms with Gasteiger partial charge in [0.15, 0.2) is 0 Å². The summed E-state index contributed by atoms with van der Waals surface area (Å²) in [5.74, 6) is -0.725. The molecule has 0 aromatic carbocycles. The topological polar surface area (TPSA) is 108 Å². The molecule has 2 aromatic rings. The largest absolute Gasteiger partial charge is 0.327 e. The molecule has 1 aliphatic rings. The molecule has 2 N–H and O–H groups in total. The number of hydrogen-bond acceptors (Lipinski definition) is 4. The molecule has 0 radical (unpaired) electrons. The van der Waals surface area contributed by atoms with E-state index in [0.29, 0.717) is 0 Å². The quantitative estimate of drug-likeness (QED) is 0.618. The third kappa shape index (κ3) is 1.32. The number of amides is 2. The summed E-state index contributed by atoms with van der Waals surface area (Å²) < 4.78 is 1.20. The molecule has 92 valence electrons. The monoisotopic (exact) mass is 248 g/mol. The zero-order valence-electron chi connectivity index (χ0n) is 9.10. The Morgan fingerprint density at radius 2 is 1.67 bits per heavy atom. The molecule has 1 aliphatic heterocycles. The van der Waals surface area contributed by atoms with Gasteiger partial charge in [-0.2, -0.15) is 5.01 Å². The maximum atomic E-state index is 11.6. The van der Waals surface area contributed by atoms with E-state index in [1.165, 1.54) is 16.9 Å². The van der Waals surface area contributed by atoms with Crippen LogP contribution in [0.2, 0.25) is 0 Å². The molecule has 0 saturated carbocycles. The number of fused-ring (bicyclic) bond motifs is 1. The Balaban J connectivity index is 2.31. The smallest absolute Gasteiger partial charge is 0.291 e. The third-order valence-electron chi connectivity index (χ3n) is 2.81. The fourth-order valence-corrected chi connectivity index (χ4v) is 2.01. The van der Waals surface area contributed by atoms with Crippen LogP contribution in [0.4, 0.5) is 0 Å². The lowest BCUT2D eigenvalue weighted by Gasteiger charge is -2.15. The highest BCUT2D eigenvalue weighted by Crippen LogP contribution is 2.15. The molecule has 0 bridgehead atoms. The molecule has 8 heteroatoms. The predicted molar refractivity (Wildman–Crippen MR) is 60.6 cm³/mol. The highest BCUT2D eigenvalue weighted by molar-refractivity contribution is 6.14. The van der Waals surface area contributed by atoms with Crippen molar-refractivity contribution in [2.75, 3.05) is 5.01 Å². The van der Waals surface area contributed by atoms with Crippen molar-refractivity contribution < 1.29 is 9.59 Å². The molecule has 18 heavy (non-hydrogen) atoms. The Morgan fingerprint density at radius 1 is 1.00 bits per heavy atom. The molecule has 3 heterocycles. The molecule has 0 unspecified atom stereocenters. The number of hydrogen-bond donors (Lipinski definition) is 2. The summed E-state index contributed by atoms with van der Waals surface area (Å²) in [5.41, 5.74) is -1.12. The molecular formula is C10H8N4O4. The van der Waals surface area contributed by atoms with E-state index in [4.69, 9.17) is 0 Å². The Bertz CT molecular complexity index is 765. The maximum Gasteiger partial charge on any atom is 0.327 e. The fraction of sp³-hybridized carbons (Fsp3) is 0.200. The van der Waals surface area contributed by atoms with Gasteiger partial charge in [-0.25, -0.2) is 9.47 Å². The molecule has 2 amide bonds. The number of imide groups is 1. The van der Waals surface area contributed by atoms with Crippen molar-refractivity contribution in [3.05, 3.63) is 33.1 Å². The van der Waals surface area contributed by atoms with Crippen LogP contribution in [0.25, 0.3) is 11.0 Å². The van der Waals surface area contributed by atoms with Gasteiger partial charge in [-0.3, -0.25) is 24.4 Å². The number of H-pyrrole nitrogens is 2. The van der Waals surface area contributed by atoms with Gasteiger partial charge in [0.05, 0.1) is 5.39 Å². The lowest BCUT2D eigenvalue weighted by molar-refractivity contribution is -0.123. The van der Waals surface area contributed by atoms with Crippen molar-refractivity contribution in [1.82, 2.24) is 14.6 Å². The molecule has 3 rings (SSSR count). The summed E-state index contributed by atoms with van der Waals surface area (Å²) in [6.07, 6.45) is 1.66. The van der Waals surface area contributed by atoms with Gasteiger partial charge in [-0.15, -0.1) is 0 Å².